The number of hydrogen-bond acceptors (Lipinski definition) is 5. The molecule has 0 aliphatic rings. The van der Waals surface area contributed by atoms with Crippen molar-refractivity contribution in [3.05, 3.63) is 43.0 Å². The molecule has 0 aliphatic carbocycles. The minimum Gasteiger partial charge on any atom is -0.352 e. The summed E-state index contributed by atoms with van der Waals surface area (Å²) in [5.41, 5.74) is 4.15. The van der Waals surface area contributed by atoms with Gasteiger partial charge in [0.25, 0.3) is 0 Å². The molecule has 27 heavy (non-hydrogen) atoms. The van der Waals surface area contributed by atoms with Gasteiger partial charge in [0.15, 0.2) is 0 Å². The van der Waals surface area contributed by atoms with Crippen molar-refractivity contribution < 1.29 is 4.39 Å². The van der Waals surface area contributed by atoms with Crippen LogP contribution in [0.2, 0.25) is 0 Å². The molecule has 0 unspecified atom stereocenters. The normalized spacial score (nSPS) is 11.4. The van der Waals surface area contributed by atoms with Crippen LogP contribution in [0, 0.1) is 0 Å². The predicted molar refractivity (Wildman–Crippen MR) is 103 cm³/mol. The number of H-pyrrole nitrogens is 1. The second-order valence-electron chi connectivity index (χ2n) is 6.49. The lowest BCUT2D eigenvalue weighted by atomic mass is 10.1. The third-order valence-corrected chi connectivity index (χ3v) is 4.24. The van der Waals surface area contributed by atoms with Gasteiger partial charge in [0, 0.05) is 53.9 Å². The SMILES string of the molecule is CC(C)n1cc(-c2ccnc(NCCF)n2)c(-c2cnc3[nH]ccc3c2)n1. The second-order valence-corrected chi connectivity index (χ2v) is 6.49. The van der Waals surface area contributed by atoms with E-state index in [0.29, 0.717) is 5.95 Å². The topological polar surface area (TPSA) is 84.3 Å². The van der Waals surface area contributed by atoms with Gasteiger partial charge in [0.2, 0.25) is 5.95 Å². The Morgan fingerprint density at radius 1 is 1.26 bits per heavy atom. The standard InChI is InChI=1S/C19H20FN7/c1-12(2)27-11-15(16-4-7-22-19(25-16)23-8-5-20)17(26-27)14-9-13-3-6-21-18(13)24-10-14/h3-4,6-7,9-12H,5,8H2,1-2H3,(H,21,24)(H,22,23,25). The molecule has 0 radical (unpaired) electrons. The quantitative estimate of drug-likeness (QED) is 0.542. The highest BCUT2D eigenvalue weighted by molar-refractivity contribution is 5.85. The molecule has 4 heterocycles. The largest absolute Gasteiger partial charge is 0.352 e. The monoisotopic (exact) mass is 365 g/mol. The number of halogens is 1. The van der Waals surface area contributed by atoms with E-state index in [1.807, 2.05) is 29.2 Å². The smallest absolute Gasteiger partial charge is 0.223 e. The van der Waals surface area contributed by atoms with Crippen molar-refractivity contribution in [2.45, 2.75) is 19.9 Å². The zero-order valence-electron chi connectivity index (χ0n) is 15.1. The van der Waals surface area contributed by atoms with Crippen molar-refractivity contribution in [3.63, 3.8) is 0 Å². The fourth-order valence-corrected chi connectivity index (χ4v) is 2.88. The maximum atomic E-state index is 12.4. The Labute approximate surface area is 155 Å². The third-order valence-electron chi connectivity index (χ3n) is 4.24. The van der Waals surface area contributed by atoms with Crippen LogP contribution in [-0.4, -0.2) is 42.9 Å². The number of nitrogens with one attached hydrogen (secondary N) is 2. The number of alkyl halides is 1. The van der Waals surface area contributed by atoms with Gasteiger partial charge in [-0.25, -0.2) is 19.3 Å². The molecular formula is C19H20FN7. The van der Waals surface area contributed by atoms with Gasteiger partial charge >= 0.3 is 0 Å². The van der Waals surface area contributed by atoms with E-state index in [-0.39, 0.29) is 12.6 Å². The molecule has 0 bridgehead atoms. The summed E-state index contributed by atoms with van der Waals surface area (Å²) in [5.74, 6) is 0.396. The van der Waals surface area contributed by atoms with Crippen molar-refractivity contribution in [3.8, 4) is 22.5 Å². The zero-order valence-corrected chi connectivity index (χ0v) is 15.1. The summed E-state index contributed by atoms with van der Waals surface area (Å²) >= 11 is 0. The minimum atomic E-state index is -0.480. The van der Waals surface area contributed by atoms with Gasteiger partial charge in [-0.05, 0) is 32.0 Å². The van der Waals surface area contributed by atoms with Crippen LogP contribution in [-0.2, 0) is 0 Å². The van der Waals surface area contributed by atoms with Crippen LogP contribution in [0.15, 0.2) is 43.0 Å². The van der Waals surface area contributed by atoms with E-state index in [1.54, 1.807) is 12.4 Å². The summed E-state index contributed by atoms with van der Waals surface area (Å²) < 4.78 is 14.3. The number of rotatable bonds is 6. The van der Waals surface area contributed by atoms with E-state index in [4.69, 9.17) is 5.10 Å². The van der Waals surface area contributed by atoms with Crippen LogP contribution in [0.25, 0.3) is 33.5 Å². The summed E-state index contributed by atoms with van der Waals surface area (Å²) in [7, 11) is 0. The average molecular weight is 365 g/mol. The van der Waals surface area contributed by atoms with Crippen molar-refractivity contribution in [1.29, 1.82) is 0 Å². The Morgan fingerprint density at radius 3 is 2.96 bits per heavy atom. The van der Waals surface area contributed by atoms with Crippen molar-refractivity contribution in [1.82, 2.24) is 29.7 Å². The predicted octanol–water partition coefficient (Wildman–Crippen LogP) is 3.85. The van der Waals surface area contributed by atoms with Crippen LogP contribution in [0.3, 0.4) is 0 Å². The first-order valence-electron chi connectivity index (χ1n) is 8.81. The molecule has 0 amide bonds. The summed E-state index contributed by atoms with van der Waals surface area (Å²) in [5, 5.41) is 8.66. The van der Waals surface area contributed by atoms with E-state index in [9.17, 15) is 4.39 Å². The first kappa shape index (κ1) is 17.1. The molecule has 0 fully saturated rings. The number of pyridine rings is 1. The second kappa shape index (κ2) is 7.14. The zero-order chi connectivity index (χ0) is 18.8. The van der Waals surface area contributed by atoms with E-state index in [2.05, 4.69) is 45.2 Å². The molecule has 4 rings (SSSR count). The van der Waals surface area contributed by atoms with Crippen LogP contribution in [0.4, 0.5) is 10.3 Å². The summed E-state index contributed by atoms with van der Waals surface area (Å²) in [6, 6.07) is 6.06. The average Bonchev–Trinajstić information content (AvgIpc) is 3.33. The lowest BCUT2D eigenvalue weighted by Gasteiger charge is -2.05. The van der Waals surface area contributed by atoms with Crippen molar-refractivity contribution >= 4 is 17.0 Å². The van der Waals surface area contributed by atoms with E-state index in [0.717, 1.165) is 33.5 Å². The summed E-state index contributed by atoms with van der Waals surface area (Å²) in [4.78, 5) is 16.2. The highest BCUT2D eigenvalue weighted by Gasteiger charge is 2.17. The maximum Gasteiger partial charge on any atom is 0.223 e. The molecular weight excluding hydrogens is 345 g/mol. The highest BCUT2D eigenvalue weighted by Crippen LogP contribution is 2.32. The first-order valence-corrected chi connectivity index (χ1v) is 8.81. The lowest BCUT2D eigenvalue weighted by molar-refractivity contribution is 0.512. The van der Waals surface area contributed by atoms with Crippen LogP contribution < -0.4 is 5.32 Å². The van der Waals surface area contributed by atoms with Gasteiger partial charge in [-0.3, -0.25) is 4.68 Å². The minimum absolute atomic E-state index is 0.176. The molecule has 4 aromatic heterocycles. The molecule has 0 aromatic carbocycles. The molecule has 2 N–H and O–H groups in total. The molecule has 7 nitrogen and oxygen atoms in total. The van der Waals surface area contributed by atoms with Gasteiger partial charge in [-0.2, -0.15) is 5.10 Å². The van der Waals surface area contributed by atoms with Crippen LogP contribution in [0.1, 0.15) is 19.9 Å². The number of hydrogen-bond donors (Lipinski definition) is 2. The fraction of sp³-hybridized carbons (Fsp3) is 0.263. The Kier molecular flexibility index (Phi) is 4.53. The molecule has 0 atom stereocenters. The molecule has 0 aliphatic heterocycles. The molecule has 0 saturated heterocycles. The van der Waals surface area contributed by atoms with E-state index < -0.39 is 6.67 Å². The Hall–Kier alpha value is -3.29. The highest BCUT2D eigenvalue weighted by atomic mass is 19.1. The lowest BCUT2D eigenvalue weighted by Crippen LogP contribution is -2.06. The first-order chi connectivity index (χ1) is 13.2. The van der Waals surface area contributed by atoms with Gasteiger partial charge < -0.3 is 10.3 Å². The summed E-state index contributed by atoms with van der Waals surface area (Å²) in [6.07, 6.45) is 7.30. The number of aromatic nitrogens is 6. The van der Waals surface area contributed by atoms with E-state index >= 15 is 0 Å². The third kappa shape index (κ3) is 3.38. The maximum absolute atomic E-state index is 12.4. The number of anilines is 1. The number of fused-ring (bicyclic) bond motifs is 1. The Morgan fingerprint density at radius 2 is 2.15 bits per heavy atom. The van der Waals surface area contributed by atoms with Gasteiger partial charge in [0.1, 0.15) is 18.0 Å². The number of nitrogens with zero attached hydrogens (tertiary/aromatic N) is 5. The molecule has 0 saturated carbocycles. The fourth-order valence-electron chi connectivity index (χ4n) is 2.88. The molecule has 0 spiro atoms. The van der Waals surface area contributed by atoms with Crippen LogP contribution in [0.5, 0.6) is 0 Å². The van der Waals surface area contributed by atoms with Gasteiger partial charge in [-0.15, -0.1) is 0 Å². The van der Waals surface area contributed by atoms with Gasteiger partial charge in [0.05, 0.1) is 5.69 Å². The van der Waals surface area contributed by atoms with E-state index in [1.165, 1.54) is 0 Å². The van der Waals surface area contributed by atoms with Crippen molar-refractivity contribution in [2.24, 2.45) is 0 Å². The van der Waals surface area contributed by atoms with Crippen molar-refractivity contribution in [2.75, 3.05) is 18.5 Å². The van der Waals surface area contributed by atoms with Crippen LogP contribution >= 0.6 is 0 Å². The Bertz CT molecular complexity index is 1070. The summed E-state index contributed by atoms with van der Waals surface area (Å²) in [6.45, 7) is 3.84. The Balaban J connectivity index is 1.82. The number of aromatic amines is 1. The molecule has 4 aromatic rings. The molecule has 138 valence electrons. The molecule has 8 heteroatoms. The van der Waals surface area contributed by atoms with Gasteiger partial charge in [-0.1, -0.05) is 0 Å².